The molecule has 6 nitrogen and oxygen atoms in total. The lowest BCUT2D eigenvalue weighted by molar-refractivity contribution is 0.0646. The summed E-state index contributed by atoms with van der Waals surface area (Å²) in [5.41, 5.74) is 1.42. The highest BCUT2D eigenvalue weighted by Crippen LogP contribution is 2.09. The zero-order valence-electron chi connectivity index (χ0n) is 9.29. The van der Waals surface area contributed by atoms with Crippen LogP contribution in [0.4, 0.5) is 0 Å². The van der Waals surface area contributed by atoms with Crippen molar-refractivity contribution in [3.63, 3.8) is 0 Å². The van der Waals surface area contributed by atoms with E-state index >= 15 is 0 Å². The van der Waals surface area contributed by atoms with E-state index < -0.39 is 6.10 Å². The summed E-state index contributed by atoms with van der Waals surface area (Å²) in [6.45, 7) is 2.16. The molecule has 2 rings (SSSR count). The molecule has 2 heterocycles. The average molecular weight is 222 g/mol. The molecule has 0 saturated carbocycles. The molecule has 1 atom stereocenters. The fourth-order valence-corrected chi connectivity index (χ4v) is 1.61. The van der Waals surface area contributed by atoms with E-state index in [1.54, 1.807) is 19.5 Å². The number of aliphatic hydroxyl groups excluding tert-OH is 1. The molecule has 0 amide bonds. The Balaban J connectivity index is 2.30. The normalized spacial score (nSPS) is 13.2. The molecule has 0 aliphatic carbocycles. The van der Waals surface area contributed by atoms with E-state index in [0.717, 1.165) is 11.5 Å². The van der Waals surface area contributed by atoms with Gasteiger partial charge in [-0.05, 0) is 6.92 Å². The van der Waals surface area contributed by atoms with E-state index in [1.807, 2.05) is 11.3 Å². The van der Waals surface area contributed by atoms with E-state index in [1.165, 1.54) is 0 Å². The topological polar surface area (TPSA) is 72.5 Å². The number of aromatic nitrogens is 4. The summed E-state index contributed by atoms with van der Waals surface area (Å²) in [5, 5.41) is 17.6. The standard InChI is InChI=1S/C10H14N4O2/c1-7-12-13-10-9(5-8(15)6-16-2)11-3-4-14(7)10/h3-4,8,15H,5-6H2,1-2H3. The number of aliphatic hydroxyl groups is 1. The minimum Gasteiger partial charge on any atom is -0.390 e. The quantitative estimate of drug-likeness (QED) is 0.787. The van der Waals surface area contributed by atoms with Gasteiger partial charge in [0.15, 0.2) is 5.65 Å². The number of rotatable bonds is 4. The molecule has 2 aromatic rings. The third kappa shape index (κ3) is 2.02. The van der Waals surface area contributed by atoms with Crippen molar-refractivity contribution in [2.45, 2.75) is 19.4 Å². The Bertz CT molecular complexity index is 483. The second kappa shape index (κ2) is 4.54. The summed E-state index contributed by atoms with van der Waals surface area (Å²) in [6, 6.07) is 0. The SMILES string of the molecule is COCC(O)Cc1nccn2c(C)nnc12. The molecule has 0 fully saturated rings. The molecule has 0 bridgehead atoms. The van der Waals surface area contributed by atoms with E-state index in [4.69, 9.17) is 4.74 Å². The monoisotopic (exact) mass is 222 g/mol. The summed E-state index contributed by atoms with van der Waals surface area (Å²) in [7, 11) is 1.55. The summed E-state index contributed by atoms with van der Waals surface area (Å²) in [4.78, 5) is 4.20. The maximum Gasteiger partial charge on any atom is 0.182 e. The van der Waals surface area contributed by atoms with Crippen LogP contribution in [0.2, 0.25) is 0 Å². The molecular weight excluding hydrogens is 208 g/mol. The fourth-order valence-electron chi connectivity index (χ4n) is 1.61. The minimum atomic E-state index is -0.569. The highest BCUT2D eigenvalue weighted by molar-refractivity contribution is 5.43. The Morgan fingerprint density at radius 2 is 2.31 bits per heavy atom. The van der Waals surface area contributed by atoms with Gasteiger partial charge in [-0.25, -0.2) is 0 Å². The van der Waals surface area contributed by atoms with E-state index in [0.29, 0.717) is 12.1 Å². The van der Waals surface area contributed by atoms with Crippen molar-refractivity contribution >= 4 is 5.65 Å². The first-order valence-electron chi connectivity index (χ1n) is 5.04. The third-order valence-corrected chi connectivity index (χ3v) is 2.36. The van der Waals surface area contributed by atoms with Crippen LogP contribution in [0, 0.1) is 6.92 Å². The van der Waals surface area contributed by atoms with Crippen LogP contribution in [0.15, 0.2) is 12.4 Å². The first-order chi connectivity index (χ1) is 7.72. The first-order valence-corrected chi connectivity index (χ1v) is 5.04. The van der Waals surface area contributed by atoms with Crippen molar-refractivity contribution in [1.82, 2.24) is 19.6 Å². The lowest BCUT2D eigenvalue weighted by Crippen LogP contribution is -2.18. The molecule has 0 radical (unpaired) electrons. The van der Waals surface area contributed by atoms with Crippen LogP contribution in [-0.2, 0) is 11.2 Å². The van der Waals surface area contributed by atoms with Gasteiger partial charge in [0, 0.05) is 25.9 Å². The van der Waals surface area contributed by atoms with Crippen molar-refractivity contribution in [2.75, 3.05) is 13.7 Å². The van der Waals surface area contributed by atoms with E-state index in [-0.39, 0.29) is 6.61 Å². The lowest BCUT2D eigenvalue weighted by Gasteiger charge is -2.08. The molecule has 1 unspecified atom stereocenters. The predicted molar refractivity (Wildman–Crippen MR) is 57.1 cm³/mol. The number of methoxy groups -OCH3 is 1. The smallest absolute Gasteiger partial charge is 0.182 e. The number of hydrogen-bond acceptors (Lipinski definition) is 5. The average Bonchev–Trinajstić information content (AvgIpc) is 2.62. The molecule has 0 aliphatic heterocycles. The van der Waals surface area contributed by atoms with Gasteiger partial charge in [0.2, 0.25) is 0 Å². The predicted octanol–water partition coefficient (Wildman–Crippen LogP) is -0.0175. The Kier molecular flexibility index (Phi) is 3.12. The van der Waals surface area contributed by atoms with Crippen LogP contribution < -0.4 is 0 Å². The number of aryl methyl sites for hydroxylation is 1. The summed E-state index contributed by atoms with van der Waals surface area (Å²) >= 11 is 0. The van der Waals surface area contributed by atoms with Crippen LogP contribution >= 0.6 is 0 Å². The zero-order valence-corrected chi connectivity index (χ0v) is 9.29. The van der Waals surface area contributed by atoms with Crippen LogP contribution in [0.25, 0.3) is 5.65 Å². The molecular formula is C10H14N4O2. The molecule has 0 spiro atoms. The molecule has 2 aromatic heterocycles. The first kappa shape index (κ1) is 11.0. The third-order valence-electron chi connectivity index (χ3n) is 2.36. The Hall–Kier alpha value is -1.53. The summed E-state index contributed by atoms with van der Waals surface area (Å²) < 4.78 is 6.72. The highest BCUT2D eigenvalue weighted by atomic mass is 16.5. The molecule has 16 heavy (non-hydrogen) atoms. The van der Waals surface area contributed by atoms with Gasteiger partial charge < -0.3 is 9.84 Å². The van der Waals surface area contributed by atoms with Gasteiger partial charge in [0.25, 0.3) is 0 Å². The Morgan fingerprint density at radius 3 is 3.06 bits per heavy atom. The van der Waals surface area contributed by atoms with Gasteiger partial charge in [0.1, 0.15) is 5.82 Å². The van der Waals surface area contributed by atoms with Gasteiger partial charge in [-0.1, -0.05) is 0 Å². The van der Waals surface area contributed by atoms with E-state index in [2.05, 4.69) is 15.2 Å². The van der Waals surface area contributed by atoms with Gasteiger partial charge in [-0.2, -0.15) is 0 Å². The molecule has 0 aliphatic rings. The summed E-state index contributed by atoms with van der Waals surface area (Å²) in [5.74, 6) is 0.805. The van der Waals surface area contributed by atoms with Crippen LogP contribution in [0.1, 0.15) is 11.5 Å². The van der Waals surface area contributed by atoms with Crippen molar-refractivity contribution in [3.05, 3.63) is 23.9 Å². The maximum absolute atomic E-state index is 9.65. The molecule has 86 valence electrons. The van der Waals surface area contributed by atoms with Crippen LogP contribution in [0.3, 0.4) is 0 Å². The maximum atomic E-state index is 9.65. The number of fused-ring (bicyclic) bond motifs is 1. The highest BCUT2D eigenvalue weighted by Gasteiger charge is 2.12. The van der Waals surface area contributed by atoms with Gasteiger partial charge in [-0.15, -0.1) is 10.2 Å². The lowest BCUT2D eigenvalue weighted by atomic mass is 10.2. The largest absolute Gasteiger partial charge is 0.390 e. The van der Waals surface area contributed by atoms with Gasteiger partial charge in [0.05, 0.1) is 18.4 Å². The zero-order chi connectivity index (χ0) is 11.5. The van der Waals surface area contributed by atoms with Crippen molar-refractivity contribution in [1.29, 1.82) is 0 Å². The van der Waals surface area contributed by atoms with E-state index in [9.17, 15) is 5.11 Å². The number of hydrogen-bond donors (Lipinski definition) is 1. The minimum absolute atomic E-state index is 0.288. The van der Waals surface area contributed by atoms with Crippen molar-refractivity contribution in [2.24, 2.45) is 0 Å². The fraction of sp³-hybridized carbons (Fsp3) is 0.500. The Morgan fingerprint density at radius 1 is 1.50 bits per heavy atom. The second-order valence-electron chi connectivity index (χ2n) is 3.63. The molecule has 0 saturated heterocycles. The van der Waals surface area contributed by atoms with Crippen molar-refractivity contribution in [3.8, 4) is 0 Å². The Labute approximate surface area is 92.9 Å². The molecule has 1 N–H and O–H groups in total. The molecule has 0 aromatic carbocycles. The van der Waals surface area contributed by atoms with Crippen LogP contribution in [-0.4, -0.2) is 44.5 Å². The molecule has 6 heteroatoms. The number of nitrogens with zero attached hydrogens (tertiary/aromatic N) is 4. The number of ether oxygens (including phenoxy) is 1. The van der Waals surface area contributed by atoms with Crippen LogP contribution in [0.5, 0.6) is 0 Å². The van der Waals surface area contributed by atoms with Gasteiger partial charge in [-0.3, -0.25) is 9.38 Å². The second-order valence-corrected chi connectivity index (χ2v) is 3.63. The summed E-state index contributed by atoms with van der Waals surface area (Å²) in [6.07, 6.45) is 3.33. The van der Waals surface area contributed by atoms with Crippen molar-refractivity contribution < 1.29 is 9.84 Å². The van der Waals surface area contributed by atoms with Gasteiger partial charge >= 0.3 is 0 Å².